The van der Waals surface area contributed by atoms with Crippen LogP contribution in [-0.2, 0) is 10.0 Å². The van der Waals surface area contributed by atoms with Crippen molar-refractivity contribution in [3.63, 3.8) is 0 Å². The average molecular weight is 378 g/mol. The quantitative estimate of drug-likeness (QED) is 0.844. The number of sulfonamides is 1. The molecule has 0 aliphatic carbocycles. The number of aliphatic hydroxyl groups excluding tert-OH is 1. The molecule has 0 amide bonds. The molecule has 0 radical (unpaired) electrons. The minimum absolute atomic E-state index is 0.0714. The summed E-state index contributed by atoms with van der Waals surface area (Å²) in [7, 11) is -3.94. The first kappa shape index (κ1) is 17.3. The number of fused-ring (bicyclic) bond motifs is 1. The Morgan fingerprint density at radius 2 is 1.88 bits per heavy atom. The second-order valence-electron chi connectivity index (χ2n) is 6.87. The monoisotopic (exact) mass is 378 g/mol. The van der Waals surface area contributed by atoms with E-state index in [1.807, 2.05) is 4.90 Å². The first-order valence-corrected chi connectivity index (χ1v) is 9.78. The number of hydrogen-bond acceptors (Lipinski definition) is 6. The minimum Gasteiger partial charge on any atom is -0.396 e. The van der Waals surface area contributed by atoms with Crippen molar-refractivity contribution in [2.75, 3.05) is 37.7 Å². The lowest BCUT2D eigenvalue weighted by Gasteiger charge is -2.27. The summed E-state index contributed by atoms with van der Waals surface area (Å²) < 4.78 is 41.0. The van der Waals surface area contributed by atoms with Gasteiger partial charge >= 0.3 is 0 Å². The normalized spacial score (nSPS) is 26.2. The number of nitrogens with zero attached hydrogens (tertiary/aromatic N) is 4. The highest BCUT2D eigenvalue weighted by atomic mass is 32.2. The van der Waals surface area contributed by atoms with Gasteiger partial charge in [0.15, 0.2) is 0 Å². The predicted molar refractivity (Wildman–Crippen MR) is 92.4 cm³/mol. The molecule has 2 aromatic rings. The molecule has 4 rings (SSSR count). The Labute approximate surface area is 151 Å². The van der Waals surface area contributed by atoms with Crippen LogP contribution in [0.25, 0.3) is 0 Å². The van der Waals surface area contributed by atoms with Gasteiger partial charge in [-0.3, -0.25) is 0 Å². The third-order valence-electron chi connectivity index (χ3n) is 5.33. The topological polar surface area (TPSA) is 86.6 Å². The summed E-state index contributed by atoms with van der Waals surface area (Å²) in [5.74, 6) is -0.266. The maximum absolute atomic E-state index is 14.0. The van der Waals surface area contributed by atoms with E-state index in [0.29, 0.717) is 19.0 Å². The van der Waals surface area contributed by atoms with Crippen LogP contribution in [0.3, 0.4) is 0 Å². The summed E-state index contributed by atoms with van der Waals surface area (Å²) in [6.07, 6.45) is 3.30. The molecule has 1 aromatic carbocycles. The number of benzene rings is 1. The lowest BCUT2D eigenvalue weighted by molar-refractivity contribution is 0.131. The van der Waals surface area contributed by atoms with E-state index in [0.717, 1.165) is 6.07 Å². The molecule has 2 aliphatic rings. The fourth-order valence-electron chi connectivity index (χ4n) is 3.94. The lowest BCUT2D eigenvalue weighted by atomic mass is 9.82. The van der Waals surface area contributed by atoms with Gasteiger partial charge in [0, 0.05) is 49.9 Å². The number of hydrogen-bond donors (Lipinski definition) is 1. The Kier molecular flexibility index (Phi) is 4.17. The van der Waals surface area contributed by atoms with Crippen LogP contribution < -0.4 is 4.90 Å². The van der Waals surface area contributed by atoms with Crippen LogP contribution in [0.5, 0.6) is 0 Å². The van der Waals surface area contributed by atoms with E-state index in [-0.39, 0.29) is 30.5 Å². The fourth-order valence-corrected chi connectivity index (χ4v) is 5.58. The highest BCUT2D eigenvalue weighted by Crippen LogP contribution is 2.44. The molecule has 1 aromatic heterocycles. The van der Waals surface area contributed by atoms with E-state index in [1.165, 1.54) is 22.5 Å². The Morgan fingerprint density at radius 1 is 1.15 bits per heavy atom. The molecule has 3 heterocycles. The van der Waals surface area contributed by atoms with Crippen LogP contribution in [-0.4, -0.2) is 60.6 Å². The van der Waals surface area contributed by atoms with Gasteiger partial charge in [0.05, 0.1) is 6.61 Å². The van der Waals surface area contributed by atoms with E-state index >= 15 is 0 Å². The van der Waals surface area contributed by atoms with E-state index in [2.05, 4.69) is 9.97 Å². The van der Waals surface area contributed by atoms with E-state index in [9.17, 15) is 17.9 Å². The van der Waals surface area contributed by atoms with Gasteiger partial charge in [-0.25, -0.2) is 22.8 Å². The first-order chi connectivity index (χ1) is 12.5. The minimum atomic E-state index is -3.94. The Hall–Kier alpha value is -2.10. The second kappa shape index (κ2) is 6.26. The maximum Gasteiger partial charge on any atom is 0.246 e. The third kappa shape index (κ3) is 2.67. The summed E-state index contributed by atoms with van der Waals surface area (Å²) in [4.78, 5) is 10.1. The van der Waals surface area contributed by atoms with E-state index in [1.54, 1.807) is 18.5 Å². The molecule has 2 saturated heterocycles. The summed E-state index contributed by atoms with van der Waals surface area (Å²) in [6, 6.07) is 7.10. The molecule has 0 bridgehead atoms. The van der Waals surface area contributed by atoms with Crippen molar-refractivity contribution in [3.8, 4) is 0 Å². The van der Waals surface area contributed by atoms with Crippen molar-refractivity contribution in [1.29, 1.82) is 0 Å². The molecule has 9 heteroatoms. The highest BCUT2D eigenvalue weighted by molar-refractivity contribution is 7.89. The van der Waals surface area contributed by atoms with Gasteiger partial charge in [-0.15, -0.1) is 0 Å². The Bertz CT molecular complexity index is 911. The van der Waals surface area contributed by atoms with E-state index < -0.39 is 21.3 Å². The largest absolute Gasteiger partial charge is 0.396 e. The molecule has 2 aliphatic heterocycles. The lowest BCUT2D eigenvalue weighted by Crippen LogP contribution is -2.39. The van der Waals surface area contributed by atoms with Crippen LogP contribution in [0.1, 0.15) is 0 Å². The number of anilines is 1. The molecular formula is C17H19FN4O3S. The summed E-state index contributed by atoms with van der Waals surface area (Å²) in [5, 5.41) is 10.0. The molecule has 138 valence electrons. The van der Waals surface area contributed by atoms with Crippen molar-refractivity contribution in [1.82, 2.24) is 14.3 Å². The van der Waals surface area contributed by atoms with Crippen LogP contribution in [0.4, 0.5) is 10.3 Å². The predicted octanol–water partition coefficient (Wildman–Crippen LogP) is 0.735. The second-order valence-corrected chi connectivity index (χ2v) is 8.78. The Morgan fingerprint density at radius 3 is 2.54 bits per heavy atom. The zero-order chi connectivity index (χ0) is 18.4. The van der Waals surface area contributed by atoms with Crippen molar-refractivity contribution >= 4 is 16.0 Å². The molecule has 26 heavy (non-hydrogen) atoms. The van der Waals surface area contributed by atoms with Gasteiger partial charge < -0.3 is 10.0 Å². The number of aromatic nitrogens is 2. The number of rotatable bonds is 4. The van der Waals surface area contributed by atoms with Crippen molar-refractivity contribution < 1.29 is 17.9 Å². The molecule has 0 unspecified atom stereocenters. The highest BCUT2D eigenvalue weighted by Gasteiger charge is 2.55. The van der Waals surface area contributed by atoms with Gasteiger partial charge in [0.2, 0.25) is 16.0 Å². The van der Waals surface area contributed by atoms with Crippen LogP contribution in [0, 0.1) is 17.2 Å². The van der Waals surface area contributed by atoms with Gasteiger partial charge in [-0.2, -0.15) is 4.31 Å². The first-order valence-electron chi connectivity index (χ1n) is 8.34. The Balaban J connectivity index is 1.60. The summed E-state index contributed by atoms with van der Waals surface area (Å²) in [6.45, 7) is 1.24. The summed E-state index contributed by atoms with van der Waals surface area (Å²) >= 11 is 0. The molecular weight excluding hydrogens is 359 g/mol. The van der Waals surface area contributed by atoms with Gasteiger partial charge in [-0.05, 0) is 18.2 Å². The third-order valence-corrected chi connectivity index (χ3v) is 7.18. The van der Waals surface area contributed by atoms with Crippen LogP contribution in [0.2, 0.25) is 0 Å². The molecule has 7 nitrogen and oxygen atoms in total. The van der Waals surface area contributed by atoms with Crippen molar-refractivity contribution in [3.05, 3.63) is 48.5 Å². The van der Waals surface area contributed by atoms with E-state index in [4.69, 9.17) is 0 Å². The zero-order valence-corrected chi connectivity index (χ0v) is 14.8. The SMILES string of the molecule is O=S(=O)(c1ccccc1F)N1C[C@@H]2CN(c3ncccn3)C[C@]2(CO)C1. The molecule has 0 spiro atoms. The molecule has 0 saturated carbocycles. The molecule has 1 N–H and O–H groups in total. The standard InChI is InChI=1S/C17H19FN4O3S/c18-14-4-1-2-5-15(14)26(24,25)22-9-13-8-21(10-17(13,11-22)12-23)16-19-6-3-7-20-16/h1-7,13,23H,8-12H2/t13-,17+/m0/s1. The number of aliphatic hydroxyl groups is 1. The van der Waals surface area contributed by atoms with Crippen LogP contribution in [0.15, 0.2) is 47.6 Å². The smallest absolute Gasteiger partial charge is 0.246 e. The zero-order valence-electron chi connectivity index (χ0n) is 14.0. The van der Waals surface area contributed by atoms with Crippen LogP contribution >= 0.6 is 0 Å². The van der Waals surface area contributed by atoms with Crippen molar-refractivity contribution in [2.24, 2.45) is 11.3 Å². The van der Waals surface area contributed by atoms with Gasteiger partial charge in [0.25, 0.3) is 0 Å². The maximum atomic E-state index is 14.0. The van der Waals surface area contributed by atoms with Gasteiger partial charge in [0.1, 0.15) is 10.7 Å². The molecule has 2 fully saturated rings. The average Bonchev–Trinajstić information content (AvgIpc) is 3.18. The van der Waals surface area contributed by atoms with Gasteiger partial charge in [-0.1, -0.05) is 12.1 Å². The van der Waals surface area contributed by atoms with Crippen molar-refractivity contribution in [2.45, 2.75) is 4.90 Å². The fraction of sp³-hybridized carbons (Fsp3) is 0.412. The number of halogens is 1. The summed E-state index contributed by atoms with van der Waals surface area (Å²) in [5.41, 5.74) is -0.600. The molecule has 2 atom stereocenters.